The van der Waals surface area contributed by atoms with E-state index >= 15 is 0 Å². The number of carboxylic acids is 1. The molecule has 1 aromatic heterocycles. The molecule has 0 spiro atoms. The molecule has 14 heteroatoms. The van der Waals surface area contributed by atoms with Crippen LogP contribution in [0.25, 0.3) is 0 Å². The van der Waals surface area contributed by atoms with Crippen molar-refractivity contribution >= 4 is 17.7 Å². The third-order valence-electron chi connectivity index (χ3n) is 6.88. The molecular formula is C28H34F6N6O2. The summed E-state index contributed by atoms with van der Waals surface area (Å²) in [4.78, 5) is 21.4. The second-order valence-electron chi connectivity index (χ2n) is 11.2. The third kappa shape index (κ3) is 7.33. The normalized spacial score (nSPS) is 19.5. The van der Waals surface area contributed by atoms with E-state index in [1.807, 2.05) is 31.1 Å². The zero-order valence-corrected chi connectivity index (χ0v) is 23.9. The fourth-order valence-corrected chi connectivity index (χ4v) is 4.62. The fourth-order valence-electron chi connectivity index (χ4n) is 4.62. The van der Waals surface area contributed by atoms with E-state index in [9.17, 15) is 26.3 Å². The van der Waals surface area contributed by atoms with Crippen LogP contribution in [0.4, 0.5) is 32.2 Å². The molecule has 1 atom stereocenters. The second-order valence-corrected chi connectivity index (χ2v) is 11.2. The lowest BCUT2D eigenvalue weighted by Gasteiger charge is -2.37. The summed E-state index contributed by atoms with van der Waals surface area (Å²) < 4.78 is 72.7. The molecule has 1 aromatic carbocycles. The highest BCUT2D eigenvalue weighted by atomic mass is 19.4. The number of hydrogen-bond acceptors (Lipinski definition) is 7. The maximum atomic E-state index is 13.7. The standard InChI is InChI=1S/C26H33F3N6.C2HF3O2/c1-24(2,3)17-8-10-18(11-9-17)25(30)19-12-15-35(16-13-21(19)32-23(33-25)34(4)5)22-20(26(27,28)29)7-6-14-31-22;3-2(4,5)1(6)7/h6-11,14H,12-13,15-16,30H2,1-5H3,(H,32,33);(H,6,7). The molecule has 0 saturated carbocycles. The first-order valence-electron chi connectivity index (χ1n) is 13.0. The number of carboxylic acid groups (broad SMARTS) is 1. The number of halogens is 6. The molecule has 0 fully saturated rings. The van der Waals surface area contributed by atoms with Crippen molar-refractivity contribution in [2.45, 2.75) is 57.0 Å². The monoisotopic (exact) mass is 600 g/mol. The Labute approximate surface area is 239 Å². The van der Waals surface area contributed by atoms with E-state index in [2.05, 4.69) is 43.2 Å². The van der Waals surface area contributed by atoms with E-state index in [-0.39, 0.29) is 11.2 Å². The van der Waals surface area contributed by atoms with Crippen molar-refractivity contribution in [3.8, 4) is 0 Å². The van der Waals surface area contributed by atoms with Crippen LogP contribution in [0.2, 0.25) is 0 Å². The minimum Gasteiger partial charge on any atom is -0.475 e. The topological polar surface area (TPSA) is 107 Å². The minimum atomic E-state index is -5.08. The quantitative estimate of drug-likeness (QED) is 0.406. The third-order valence-corrected chi connectivity index (χ3v) is 6.88. The SMILES string of the molecule is CN(C)C1=NC(N)(c2ccc(C(C)(C)C)cc2)C2=C(CCN(c3ncccc3C(F)(F)F)CC2)N1.O=C(O)C(F)(F)F. The molecule has 2 aliphatic rings. The summed E-state index contributed by atoms with van der Waals surface area (Å²) in [6.07, 6.45) is -7.21. The Morgan fingerprint density at radius 1 is 1.02 bits per heavy atom. The number of guanidine groups is 1. The van der Waals surface area contributed by atoms with Crippen molar-refractivity contribution in [1.82, 2.24) is 15.2 Å². The number of rotatable bonds is 2. The Bertz CT molecular complexity index is 1350. The van der Waals surface area contributed by atoms with Crippen LogP contribution >= 0.6 is 0 Å². The number of anilines is 1. The van der Waals surface area contributed by atoms with Gasteiger partial charge in [0.1, 0.15) is 5.82 Å². The zero-order valence-electron chi connectivity index (χ0n) is 23.9. The first kappa shape index (κ1) is 32.7. The van der Waals surface area contributed by atoms with E-state index in [4.69, 9.17) is 20.6 Å². The molecule has 8 nitrogen and oxygen atoms in total. The van der Waals surface area contributed by atoms with Gasteiger partial charge in [-0.05, 0) is 40.7 Å². The Hall–Kier alpha value is -3.81. The first-order chi connectivity index (χ1) is 19.2. The summed E-state index contributed by atoms with van der Waals surface area (Å²) in [5, 5.41) is 10.5. The maximum absolute atomic E-state index is 13.7. The van der Waals surface area contributed by atoms with Gasteiger partial charge in [-0.15, -0.1) is 0 Å². The molecule has 3 heterocycles. The Morgan fingerprint density at radius 2 is 1.60 bits per heavy atom. The van der Waals surface area contributed by atoms with Gasteiger partial charge < -0.3 is 20.2 Å². The minimum absolute atomic E-state index is 0.00139. The lowest BCUT2D eigenvalue weighted by atomic mass is 9.83. The van der Waals surface area contributed by atoms with Crippen LogP contribution in [-0.2, 0) is 22.0 Å². The zero-order chi connectivity index (χ0) is 31.7. The first-order valence-corrected chi connectivity index (χ1v) is 13.0. The van der Waals surface area contributed by atoms with E-state index in [0.29, 0.717) is 31.9 Å². The molecule has 42 heavy (non-hydrogen) atoms. The molecule has 0 aliphatic carbocycles. The van der Waals surface area contributed by atoms with E-state index in [1.165, 1.54) is 17.8 Å². The largest absolute Gasteiger partial charge is 0.490 e. The van der Waals surface area contributed by atoms with E-state index in [0.717, 1.165) is 22.9 Å². The predicted molar refractivity (Wildman–Crippen MR) is 147 cm³/mol. The smallest absolute Gasteiger partial charge is 0.475 e. The number of aliphatic carboxylic acids is 1. The molecule has 1 unspecified atom stereocenters. The second kappa shape index (κ2) is 11.8. The molecule has 0 radical (unpaired) electrons. The van der Waals surface area contributed by atoms with Crippen molar-refractivity contribution in [1.29, 1.82) is 0 Å². The highest BCUT2D eigenvalue weighted by molar-refractivity contribution is 5.84. The number of alkyl halides is 6. The van der Waals surface area contributed by atoms with Gasteiger partial charge in [-0.1, -0.05) is 45.0 Å². The highest BCUT2D eigenvalue weighted by Gasteiger charge is 2.41. The summed E-state index contributed by atoms with van der Waals surface area (Å²) in [5.41, 5.74) is 9.02. The van der Waals surface area contributed by atoms with Gasteiger partial charge in [0.25, 0.3) is 0 Å². The van der Waals surface area contributed by atoms with Gasteiger partial charge >= 0.3 is 18.3 Å². The number of nitrogens with zero attached hydrogens (tertiary/aromatic N) is 4. The van der Waals surface area contributed by atoms with Crippen LogP contribution < -0.4 is 16.0 Å². The van der Waals surface area contributed by atoms with Crippen LogP contribution in [-0.4, -0.2) is 60.3 Å². The van der Waals surface area contributed by atoms with E-state index < -0.39 is 29.5 Å². The average molecular weight is 601 g/mol. The Balaban J connectivity index is 0.000000616. The number of nitrogens with one attached hydrogen (secondary N) is 1. The number of pyridine rings is 1. The Morgan fingerprint density at radius 3 is 2.10 bits per heavy atom. The lowest BCUT2D eigenvalue weighted by molar-refractivity contribution is -0.192. The van der Waals surface area contributed by atoms with Gasteiger partial charge in [0.05, 0.1) is 5.56 Å². The molecule has 0 saturated heterocycles. The van der Waals surface area contributed by atoms with Crippen LogP contribution in [0, 0.1) is 0 Å². The molecule has 0 bridgehead atoms. The average Bonchev–Trinajstić information content (AvgIpc) is 3.11. The summed E-state index contributed by atoms with van der Waals surface area (Å²) >= 11 is 0. The molecule has 2 aromatic rings. The van der Waals surface area contributed by atoms with Gasteiger partial charge in [0, 0.05) is 45.5 Å². The summed E-state index contributed by atoms with van der Waals surface area (Å²) in [6, 6.07) is 10.6. The van der Waals surface area contributed by atoms with Crippen molar-refractivity contribution < 1.29 is 36.2 Å². The van der Waals surface area contributed by atoms with Gasteiger partial charge in [0.2, 0.25) is 0 Å². The number of aliphatic imine (C=N–C) groups is 1. The van der Waals surface area contributed by atoms with Gasteiger partial charge in [-0.3, -0.25) is 5.73 Å². The molecule has 0 amide bonds. The van der Waals surface area contributed by atoms with Crippen LogP contribution in [0.1, 0.15) is 50.3 Å². The molecule has 4 N–H and O–H groups in total. The predicted octanol–water partition coefficient (Wildman–Crippen LogP) is 5.22. The lowest BCUT2D eigenvalue weighted by Crippen LogP contribution is -2.49. The summed E-state index contributed by atoms with van der Waals surface area (Å²) in [5.74, 6) is -2.19. The Kier molecular flexibility index (Phi) is 9.20. The number of carbonyl (C=O) groups is 1. The summed E-state index contributed by atoms with van der Waals surface area (Å²) in [6.45, 7) is 7.19. The van der Waals surface area contributed by atoms with Gasteiger partial charge in [0.15, 0.2) is 11.6 Å². The number of hydrogen-bond donors (Lipinski definition) is 3. The van der Waals surface area contributed by atoms with Gasteiger partial charge in [-0.25, -0.2) is 14.8 Å². The van der Waals surface area contributed by atoms with Crippen LogP contribution in [0.15, 0.2) is 58.9 Å². The number of nitrogens with two attached hydrogens (primary N) is 1. The van der Waals surface area contributed by atoms with Crippen molar-refractivity contribution in [3.63, 3.8) is 0 Å². The number of aromatic nitrogens is 1. The van der Waals surface area contributed by atoms with Gasteiger partial charge in [-0.2, -0.15) is 26.3 Å². The highest BCUT2D eigenvalue weighted by Crippen LogP contribution is 2.40. The molecule has 230 valence electrons. The van der Waals surface area contributed by atoms with Crippen molar-refractivity contribution in [3.05, 3.63) is 70.6 Å². The van der Waals surface area contributed by atoms with E-state index in [1.54, 1.807) is 4.90 Å². The molecule has 4 rings (SSSR count). The maximum Gasteiger partial charge on any atom is 0.490 e. The fraction of sp³-hybridized carbons (Fsp3) is 0.464. The molecular weight excluding hydrogens is 566 g/mol. The van der Waals surface area contributed by atoms with Crippen molar-refractivity contribution in [2.24, 2.45) is 10.7 Å². The summed E-state index contributed by atoms with van der Waals surface area (Å²) in [7, 11) is 3.76. The van der Waals surface area contributed by atoms with Crippen LogP contribution in [0.5, 0.6) is 0 Å². The molecule has 2 aliphatic heterocycles. The van der Waals surface area contributed by atoms with Crippen molar-refractivity contribution in [2.75, 3.05) is 32.1 Å². The van der Waals surface area contributed by atoms with Crippen LogP contribution in [0.3, 0.4) is 0 Å². The number of benzene rings is 1.